The standard InChI is InChI=1S/C23H25N5O/c1-16-13-22(24-12-11-18-15-25-21-6-4-3-5-20(18)21)28-23(27-16)26-14-17-7-9-19(29-2)10-8-17/h3-10,13,15,25H,11-12,14H2,1-2H3,(H2,24,26,27,28). The number of benzene rings is 2. The van der Waals surface area contributed by atoms with Gasteiger partial charge in [0.25, 0.3) is 0 Å². The second-order valence-corrected chi connectivity index (χ2v) is 6.96. The molecule has 0 aliphatic heterocycles. The first-order chi connectivity index (χ1) is 14.2. The number of anilines is 2. The van der Waals surface area contributed by atoms with Crippen LogP contribution in [0.5, 0.6) is 5.75 Å². The predicted octanol–water partition coefficient (Wildman–Crippen LogP) is 4.54. The number of para-hydroxylation sites is 1. The van der Waals surface area contributed by atoms with Crippen molar-refractivity contribution in [1.29, 1.82) is 0 Å². The van der Waals surface area contributed by atoms with E-state index in [0.717, 1.165) is 35.8 Å². The number of hydrogen-bond acceptors (Lipinski definition) is 5. The van der Waals surface area contributed by atoms with Gasteiger partial charge in [0.1, 0.15) is 11.6 Å². The number of hydrogen-bond donors (Lipinski definition) is 3. The average molecular weight is 387 g/mol. The second-order valence-electron chi connectivity index (χ2n) is 6.96. The summed E-state index contributed by atoms with van der Waals surface area (Å²) in [5, 5.41) is 7.99. The summed E-state index contributed by atoms with van der Waals surface area (Å²) in [6.45, 7) is 3.43. The Morgan fingerprint density at radius 1 is 1.00 bits per heavy atom. The van der Waals surface area contributed by atoms with Crippen LogP contribution in [-0.2, 0) is 13.0 Å². The van der Waals surface area contributed by atoms with Crippen LogP contribution in [-0.4, -0.2) is 28.6 Å². The van der Waals surface area contributed by atoms with Crippen LogP contribution >= 0.6 is 0 Å². The summed E-state index contributed by atoms with van der Waals surface area (Å²) in [6, 6.07) is 18.3. The van der Waals surface area contributed by atoms with Crippen LogP contribution in [0.4, 0.5) is 11.8 Å². The Morgan fingerprint density at radius 3 is 2.66 bits per heavy atom. The molecular weight excluding hydrogens is 362 g/mol. The lowest BCUT2D eigenvalue weighted by Crippen LogP contribution is -2.10. The molecule has 4 rings (SSSR count). The minimum atomic E-state index is 0.621. The third-order valence-electron chi connectivity index (χ3n) is 4.84. The van der Waals surface area contributed by atoms with E-state index in [9.17, 15) is 0 Å². The summed E-state index contributed by atoms with van der Waals surface area (Å²) in [4.78, 5) is 12.4. The van der Waals surface area contributed by atoms with Gasteiger partial charge in [-0.15, -0.1) is 0 Å². The molecule has 0 saturated heterocycles. The van der Waals surface area contributed by atoms with E-state index in [4.69, 9.17) is 4.74 Å². The van der Waals surface area contributed by atoms with E-state index in [0.29, 0.717) is 12.5 Å². The fourth-order valence-corrected chi connectivity index (χ4v) is 3.33. The number of fused-ring (bicyclic) bond motifs is 1. The molecule has 6 heteroatoms. The zero-order valence-electron chi connectivity index (χ0n) is 16.7. The first-order valence-electron chi connectivity index (χ1n) is 9.72. The summed E-state index contributed by atoms with van der Waals surface area (Å²) < 4.78 is 5.20. The van der Waals surface area contributed by atoms with Gasteiger partial charge in [0.15, 0.2) is 0 Å². The minimum Gasteiger partial charge on any atom is -0.497 e. The van der Waals surface area contributed by atoms with E-state index in [2.05, 4.69) is 50.0 Å². The maximum absolute atomic E-state index is 5.20. The van der Waals surface area contributed by atoms with E-state index in [1.165, 1.54) is 16.5 Å². The largest absolute Gasteiger partial charge is 0.497 e. The van der Waals surface area contributed by atoms with Gasteiger partial charge in [-0.2, -0.15) is 4.98 Å². The molecule has 6 nitrogen and oxygen atoms in total. The molecule has 0 saturated carbocycles. The van der Waals surface area contributed by atoms with Crippen molar-refractivity contribution in [3.63, 3.8) is 0 Å². The smallest absolute Gasteiger partial charge is 0.225 e. The third-order valence-corrected chi connectivity index (χ3v) is 4.84. The van der Waals surface area contributed by atoms with Crippen LogP contribution in [0.3, 0.4) is 0 Å². The molecule has 2 aromatic carbocycles. The van der Waals surface area contributed by atoms with Gasteiger partial charge in [-0.05, 0) is 42.7 Å². The monoisotopic (exact) mass is 387 g/mol. The van der Waals surface area contributed by atoms with Crippen LogP contribution in [0.15, 0.2) is 60.8 Å². The van der Waals surface area contributed by atoms with Crippen molar-refractivity contribution < 1.29 is 4.74 Å². The number of aryl methyl sites for hydroxylation is 1. The molecule has 0 amide bonds. The van der Waals surface area contributed by atoms with Gasteiger partial charge in [-0.1, -0.05) is 30.3 Å². The first kappa shape index (κ1) is 18.8. The molecular formula is C23H25N5O. The van der Waals surface area contributed by atoms with Crippen molar-refractivity contribution >= 4 is 22.7 Å². The zero-order valence-corrected chi connectivity index (χ0v) is 16.7. The van der Waals surface area contributed by atoms with Crippen molar-refractivity contribution in [2.24, 2.45) is 0 Å². The van der Waals surface area contributed by atoms with Crippen molar-refractivity contribution in [1.82, 2.24) is 15.0 Å². The number of rotatable bonds is 8. The van der Waals surface area contributed by atoms with Gasteiger partial charge in [-0.25, -0.2) is 4.98 Å². The Bertz CT molecular complexity index is 1090. The number of aromatic amines is 1. The lowest BCUT2D eigenvalue weighted by Gasteiger charge is -2.10. The molecule has 2 aromatic heterocycles. The topological polar surface area (TPSA) is 74.9 Å². The van der Waals surface area contributed by atoms with Crippen LogP contribution in [0.1, 0.15) is 16.8 Å². The quantitative estimate of drug-likeness (QED) is 0.414. The molecule has 0 bridgehead atoms. The van der Waals surface area contributed by atoms with Gasteiger partial charge in [0.2, 0.25) is 5.95 Å². The fourth-order valence-electron chi connectivity index (χ4n) is 3.33. The number of ether oxygens (including phenoxy) is 1. The summed E-state index contributed by atoms with van der Waals surface area (Å²) in [5.74, 6) is 2.30. The van der Waals surface area contributed by atoms with Crippen LogP contribution in [0.25, 0.3) is 10.9 Å². The number of nitrogens with one attached hydrogen (secondary N) is 3. The van der Waals surface area contributed by atoms with Crippen molar-refractivity contribution in [2.45, 2.75) is 19.9 Å². The highest BCUT2D eigenvalue weighted by atomic mass is 16.5. The molecule has 0 atom stereocenters. The highest BCUT2D eigenvalue weighted by Crippen LogP contribution is 2.18. The van der Waals surface area contributed by atoms with Gasteiger partial charge in [-0.3, -0.25) is 0 Å². The molecule has 0 radical (unpaired) electrons. The predicted molar refractivity (Wildman–Crippen MR) is 118 cm³/mol. The van der Waals surface area contributed by atoms with Crippen molar-refractivity contribution in [3.8, 4) is 5.75 Å². The maximum atomic E-state index is 5.20. The molecule has 0 fully saturated rings. The molecule has 29 heavy (non-hydrogen) atoms. The normalized spacial score (nSPS) is 10.8. The lowest BCUT2D eigenvalue weighted by molar-refractivity contribution is 0.414. The van der Waals surface area contributed by atoms with E-state index >= 15 is 0 Å². The third kappa shape index (κ3) is 4.66. The number of methoxy groups -OCH3 is 1. The fraction of sp³-hybridized carbons (Fsp3) is 0.217. The van der Waals surface area contributed by atoms with Gasteiger partial charge in [0, 0.05) is 41.9 Å². The molecule has 0 aliphatic rings. The van der Waals surface area contributed by atoms with E-state index in [-0.39, 0.29) is 0 Å². The summed E-state index contributed by atoms with van der Waals surface area (Å²) in [5.41, 5.74) is 4.54. The molecule has 3 N–H and O–H groups in total. The number of nitrogens with zero attached hydrogens (tertiary/aromatic N) is 2. The highest BCUT2D eigenvalue weighted by molar-refractivity contribution is 5.83. The zero-order chi connectivity index (χ0) is 20.1. The van der Waals surface area contributed by atoms with Crippen LogP contribution in [0.2, 0.25) is 0 Å². The number of aromatic nitrogens is 3. The Morgan fingerprint density at radius 2 is 1.83 bits per heavy atom. The summed E-state index contributed by atoms with van der Waals surface area (Å²) >= 11 is 0. The molecule has 0 unspecified atom stereocenters. The SMILES string of the molecule is COc1ccc(CNc2nc(C)cc(NCCc3c[nH]c4ccccc34)n2)cc1. The first-order valence-corrected chi connectivity index (χ1v) is 9.72. The Labute approximate surface area is 170 Å². The summed E-state index contributed by atoms with van der Waals surface area (Å²) in [6.07, 6.45) is 3.00. The van der Waals surface area contributed by atoms with Gasteiger partial charge in [0.05, 0.1) is 7.11 Å². The Kier molecular flexibility index (Phi) is 5.61. The van der Waals surface area contributed by atoms with Gasteiger partial charge >= 0.3 is 0 Å². The number of H-pyrrole nitrogens is 1. The van der Waals surface area contributed by atoms with E-state index in [1.54, 1.807) is 7.11 Å². The Hall–Kier alpha value is -3.54. The molecule has 4 aromatic rings. The van der Waals surface area contributed by atoms with Crippen molar-refractivity contribution in [3.05, 3.63) is 77.6 Å². The molecule has 2 heterocycles. The van der Waals surface area contributed by atoms with E-state index < -0.39 is 0 Å². The van der Waals surface area contributed by atoms with Crippen LogP contribution < -0.4 is 15.4 Å². The van der Waals surface area contributed by atoms with Crippen LogP contribution in [0, 0.1) is 6.92 Å². The second kappa shape index (κ2) is 8.65. The average Bonchev–Trinajstić information content (AvgIpc) is 3.15. The summed E-state index contributed by atoms with van der Waals surface area (Å²) in [7, 11) is 1.67. The Balaban J connectivity index is 1.36. The van der Waals surface area contributed by atoms with E-state index in [1.807, 2.05) is 43.3 Å². The molecule has 0 spiro atoms. The highest BCUT2D eigenvalue weighted by Gasteiger charge is 2.05. The maximum Gasteiger partial charge on any atom is 0.225 e. The lowest BCUT2D eigenvalue weighted by atomic mass is 10.1. The van der Waals surface area contributed by atoms with Gasteiger partial charge < -0.3 is 20.4 Å². The van der Waals surface area contributed by atoms with Crippen molar-refractivity contribution in [2.75, 3.05) is 24.3 Å². The molecule has 0 aliphatic carbocycles. The minimum absolute atomic E-state index is 0.621. The molecule has 148 valence electrons.